The van der Waals surface area contributed by atoms with E-state index < -0.39 is 0 Å². The first-order valence-corrected chi connectivity index (χ1v) is 9.35. The summed E-state index contributed by atoms with van der Waals surface area (Å²) < 4.78 is 6.43. The van der Waals surface area contributed by atoms with Gasteiger partial charge < -0.3 is 9.64 Å². The van der Waals surface area contributed by atoms with Gasteiger partial charge in [-0.15, -0.1) is 22.7 Å². The van der Waals surface area contributed by atoms with Crippen LogP contribution in [0, 0.1) is 0 Å². The summed E-state index contributed by atoms with van der Waals surface area (Å²) in [6.07, 6.45) is 0. The predicted molar refractivity (Wildman–Crippen MR) is 98.0 cm³/mol. The Bertz CT molecular complexity index is 818. The molecule has 0 unspecified atom stereocenters. The molecule has 0 aliphatic rings. The first-order valence-electron chi connectivity index (χ1n) is 7.21. The molecule has 0 aliphatic heterocycles. The maximum Gasteiger partial charge on any atom is 0.254 e. The van der Waals surface area contributed by atoms with Crippen LogP contribution in [0.4, 0.5) is 0 Å². The van der Waals surface area contributed by atoms with Gasteiger partial charge in [0.05, 0.1) is 22.1 Å². The lowest BCUT2D eigenvalue weighted by Gasteiger charge is -2.16. The normalized spacial score (nSPS) is 10.6. The zero-order chi connectivity index (χ0) is 16.9. The molecule has 4 nitrogen and oxygen atoms in total. The zero-order valence-electron chi connectivity index (χ0n) is 12.9. The van der Waals surface area contributed by atoms with E-state index in [1.54, 1.807) is 29.6 Å². The zero-order valence-corrected chi connectivity index (χ0v) is 15.3. The van der Waals surface area contributed by atoms with Crippen LogP contribution in [0.2, 0.25) is 4.34 Å². The van der Waals surface area contributed by atoms with E-state index in [0.717, 1.165) is 14.9 Å². The number of hydrogen-bond acceptors (Lipinski definition) is 5. The van der Waals surface area contributed by atoms with Gasteiger partial charge in [-0.2, -0.15) is 0 Å². The molecule has 1 amide bonds. The van der Waals surface area contributed by atoms with Gasteiger partial charge in [-0.25, -0.2) is 4.98 Å². The number of carbonyl (C=O) groups excluding carboxylic acids is 1. The van der Waals surface area contributed by atoms with E-state index in [9.17, 15) is 4.79 Å². The topological polar surface area (TPSA) is 42.4 Å². The predicted octanol–water partition coefficient (Wildman–Crippen LogP) is 4.71. The molecule has 0 atom stereocenters. The van der Waals surface area contributed by atoms with E-state index in [1.165, 1.54) is 22.7 Å². The van der Waals surface area contributed by atoms with Crippen molar-refractivity contribution in [2.24, 2.45) is 0 Å². The minimum absolute atomic E-state index is 0.0568. The summed E-state index contributed by atoms with van der Waals surface area (Å²) in [5, 5.41) is 1.94. The van der Waals surface area contributed by atoms with E-state index >= 15 is 0 Å². The Kier molecular flexibility index (Phi) is 5.50. The number of hydrogen-bond donors (Lipinski definition) is 0. The summed E-state index contributed by atoms with van der Waals surface area (Å²) in [5.41, 5.74) is 3.24. The molecule has 0 radical (unpaired) electrons. The van der Waals surface area contributed by atoms with E-state index in [2.05, 4.69) is 4.98 Å². The molecule has 7 heteroatoms. The fourth-order valence-corrected chi connectivity index (χ4v) is 3.83. The van der Waals surface area contributed by atoms with Gasteiger partial charge in [0.15, 0.2) is 0 Å². The Morgan fingerprint density at radius 3 is 2.92 bits per heavy atom. The van der Waals surface area contributed by atoms with Gasteiger partial charge in [0.2, 0.25) is 0 Å². The lowest BCUT2D eigenvalue weighted by atomic mass is 10.2. The number of benzene rings is 1. The molecule has 0 saturated heterocycles. The summed E-state index contributed by atoms with van der Waals surface area (Å²) in [6, 6.07) is 11.0. The Morgan fingerprint density at radius 1 is 1.33 bits per heavy atom. The number of nitrogens with zero attached hydrogens (tertiary/aromatic N) is 2. The molecular weight excluding hydrogens is 364 g/mol. The van der Waals surface area contributed by atoms with Crippen LogP contribution in [-0.4, -0.2) is 22.8 Å². The highest BCUT2D eigenvalue weighted by Crippen LogP contribution is 2.23. The summed E-state index contributed by atoms with van der Waals surface area (Å²) >= 11 is 8.94. The maximum absolute atomic E-state index is 12.6. The number of thiazole rings is 1. The second kappa shape index (κ2) is 7.79. The third-order valence-electron chi connectivity index (χ3n) is 3.32. The number of thiophene rings is 1. The van der Waals surface area contributed by atoms with Crippen LogP contribution < -0.4 is 4.74 Å². The van der Waals surface area contributed by atoms with Crippen molar-refractivity contribution >= 4 is 40.2 Å². The van der Waals surface area contributed by atoms with E-state index in [1.807, 2.05) is 29.6 Å². The molecule has 0 spiro atoms. The standard InChI is InChI=1S/C17H15ClN2O2S2/c1-20(8-15-5-6-16(18)24-15)17(21)12-3-2-4-14(7-12)22-9-13-10-23-11-19-13/h2-7,10-11H,8-9H2,1H3. The van der Waals surface area contributed by atoms with Crippen LogP contribution in [-0.2, 0) is 13.2 Å². The fourth-order valence-electron chi connectivity index (χ4n) is 2.15. The molecule has 124 valence electrons. The lowest BCUT2D eigenvalue weighted by Crippen LogP contribution is -2.25. The van der Waals surface area contributed by atoms with Crippen molar-refractivity contribution in [2.75, 3.05) is 7.05 Å². The van der Waals surface area contributed by atoms with Gasteiger partial charge in [-0.3, -0.25) is 4.79 Å². The molecule has 0 saturated carbocycles. The van der Waals surface area contributed by atoms with Crippen LogP contribution in [0.25, 0.3) is 0 Å². The monoisotopic (exact) mass is 378 g/mol. The van der Waals surface area contributed by atoms with Crippen molar-refractivity contribution in [3.8, 4) is 5.75 Å². The average Bonchev–Trinajstić information content (AvgIpc) is 3.24. The second-order valence-electron chi connectivity index (χ2n) is 5.16. The fraction of sp³-hybridized carbons (Fsp3) is 0.176. The quantitative estimate of drug-likeness (QED) is 0.623. The minimum Gasteiger partial charge on any atom is -0.487 e. The van der Waals surface area contributed by atoms with E-state index in [4.69, 9.17) is 16.3 Å². The molecule has 24 heavy (non-hydrogen) atoms. The van der Waals surface area contributed by atoms with Gasteiger partial charge in [0, 0.05) is 22.9 Å². The smallest absolute Gasteiger partial charge is 0.254 e. The molecule has 0 N–H and O–H groups in total. The summed E-state index contributed by atoms with van der Waals surface area (Å²) in [5.74, 6) is 0.597. The largest absolute Gasteiger partial charge is 0.487 e. The first-order chi connectivity index (χ1) is 11.6. The number of halogens is 1. The van der Waals surface area contributed by atoms with Crippen LogP contribution in [0.1, 0.15) is 20.9 Å². The Morgan fingerprint density at radius 2 is 2.21 bits per heavy atom. The number of aromatic nitrogens is 1. The highest BCUT2D eigenvalue weighted by Gasteiger charge is 2.14. The molecule has 3 aromatic rings. The molecule has 3 rings (SSSR count). The third kappa shape index (κ3) is 4.35. The van der Waals surface area contributed by atoms with Gasteiger partial charge in [0.1, 0.15) is 12.4 Å². The highest BCUT2D eigenvalue weighted by molar-refractivity contribution is 7.16. The van der Waals surface area contributed by atoms with Crippen LogP contribution >= 0.6 is 34.3 Å². The van der Waals surface area contributed by atoms with Crippen LogP contribution in [0.3, 0.4) is 0 Å². The molecule has 0 aliphatic carbocycles. The van der Waals surface area contributed by atoms with Crippen molar-refractivity contribution in [2.45, 2.75) is 13.2 Å². The first kappa shape index (κ1) is 17.0. The number of carbonyl (C=O) groups is 1. The molecule has 2 heterocycles. The average molecular weight is 379 g/mol. The van der Waals surface area contributed by atoms with Crippen LogP contribution in [0.15, 0.2) is 47.3 Å². The SMILES string of the molecule is CN(Cc1ccc(Cl)s1)C(=O)c1cccc(OCc2cscn2)c1. The van der Waals surface area contributed by atoms with Gasteiger partial charge in [0.25, 0.3) is 5.91 Å². The Balaban J connectivity index is 1.64. The summed E-state index contributed by atoms with van der Waals surface area (Å²) in [7, 11) is 1.78. The van der Waals surface area contributed by atoms with Gasteiger partial charge in [-0.1, -0.05) is 17.7 Å². The third-order valence-corrected chi connectivity index (χ3v) is 5.17. The number of rotatable bonds is 6. The van der Waals surface area contributed by atoms with Crippen molar-refractivity contribution in [3.05, 3.63) is 67.8 Å². The highest BCUT2D eigenvalue weighted by atomic mass is 35.5. The van der Waals surface area contributed by atoms with Crippen molar-refractivity contribution in [1.82, 2.24) is 9.88 Å². The van der Waals surface area contributed by atoms with Gasteiger partial charge in [-0.05, 0) is 30.3 Å². The van der Waals surface area contributed by atoms with E-state index in [-0.39, 0.29) is 5.91 Å². The summed E-state index contributed by atoms with van der Waals surface area (Å²) in [4.78, 5) is 19.5. The molecular formula is C17H15ClN2O2S2. The van der Waals surface area contributed by atoms with Crippen molar-refractivity contribution < 1.29 is 9.53 Å². The Hall–Kier alpha value is -1.89. The Labute approximate surface area is 153 Å². The number of ether oxygens (including phenoxy) is 1. The second-order valence-corrected chi connectivity index (χ2v) is 7.68. The molecule has 0 bridgehead atoms. The lowest BCUT2D eigenvalue weighted by molar-refractivity contribution is 0.0786. The van der Waals surface area contributed by atoms with E-state index in [0.29, 0.717) is 24.5 Å². The maximum atomic E-state index is 12.6. The molecule has 0 fully saturated rings. The minimum atomic E-state index is -0.0568. The van der Waals surface area contributed by atoms with Gasteiger partial charge >= 0.3 is 0 Å². The van der Waals surface area contributed by atoms with Crippen molar-refractivity contribution in [3.63, 3.8) is 0 Å². The number of amides is 1. The van der Waals surface area contributed by atoms with Crippen LogP contribution in [0.5, 0.6) is 5.75 Å². The summed E-state index contributed by atoms with van der Waals surface area (Å²) in [6.45, 7) is 0.921. The molecule has 2 aromatic heterocycles. The van der Waals surface area contributed by atoms with Crippen molar-refractivity contribution in [1.29, 1.82) is 0 Å². The molecule has 1 aromatic carbocycles.